The van der Waals surface area contributed by atoms with E-state index in [2.05, 4.69) is 0 Å². The van der Waals surface area contributed by atoms with Crippen LogP contribution in [0.4, 0.5) is 0 Å². The van der Waals surface area contributed by atoms with Crippen molar-refractivity contribution in [1.82, 2.24) is 0 Å². The van der Waals surface area contributed by atoms with E-state index in [0.717, 1.165) is 6.29 Å². The first-order valence-corrected chi connectivity index (χ1v) is 4.07. The Hall–Kier alpha value is -0.710. The quantitative estimate of drug-likeness (QED) is 0.463. The number of hydrogen-bond donors (Lipinski definition) is 0. The highest BCUT2D eigenvalue weighted by Crippen LogP contribution is 2.06. The second-order valence-electron chi connectivity index (χ2n) is 2.01. The van der Waals surface area contributed by atoms with E-state index in [1.807, 2.05) is 0 Å². The lowest BCUT2D eigenvalue weighted by Gasteiger charge is -1.92. The van der Waals surface area contributed by atoms with Crippen molar-refractivity contribution in [2.75, 3.05) is 0 Å². The Morgan fingerprint density at radius 3 is 2.18 bits per heavy atom. The molecule has 0 aliphatic carbocycles. The van der Waals surface area contributed by atoms with E-state index in [1.165, 1.54) is 0 Å². The van der Waals surface area contributed by atoms with Crippen molar-refractivity contribution in [3.05, 3.63) is 35.4 Å². The van der Waals surface area contributed by atoms with Gasteiger partial charge in [0.1, 0.15) is 6.29 Å². The zero-order valence-electron chi connectivity index (χ0n) is 5.58. The number of rotatable bonds is 2. The molecule has 0 atom stereocenters. The van der Waals surface area contributed by atoms with Gasteiger partial charge in [0.15, 0.2) is 0 Å². The fourth-order valence-electron chi connectivity index (χ4n) is 0.693. The summed E-state index contributed by atoms with van der Waals surface area (Å²) in [7, 11) is 0. The molecule has 0 fully saturated rings. The van der Waals surface area contributed by atoms with Gasteiger partial charge in [0.2, 0.25) is 3.79 Å². The molecule has 1 aromatic rings. The number of halogens is 1. The van der Waals surface area contributed by atoms with E-state index in [1.54, 1.807) is 46.9 Å². The normalized spacial score (nSPS) is 9.18. The lowest BCUT2D eigenvalue weighted by atomic mass is 10.2. The van der Waals surface area contributed by atoms with Gasteiger partial charge in [0.25, 0.3) is 0 Å². The summed E-state index contributed by atoms with van der Waals surface area (Å²) in [4.78, 5) is 20.9. The van der Waals surface area contributed by atoms with Crippen LogP contribution in [0, 0.1) is 0 Å². The Morgan fingerprint density at radius 1 is 1.27 bits per heavy atom. The van der Waals surface area contributed by atoms with Crippen molar-refractivity contribution in [2.24, 2.45) is 0 Å². The van der Waals surface area contributed by atoms with Crippen LogP contribution in [0.1, 0.15) is 20.7 Å². The topological polar surface area (TPSA) is 34.1 Å². The highest BCUT2D eigenvalue weighted by molar-refractivity contribution is 14.1. The van der Waals surface area contributed by atoms with Crippen molar-refractivity contribution in [3.63, 3.8) is 0 Å². The first-order chi connectivity index (χ1) is 5.24. The highest BCUT2D eigenvalue weighted by Gasteiger charge is 1.98. The fourth-order valence-corrected chi connectivity index (χ4v) is 1.05. The summed E-state index contributed by atoms with van der Waals surface area (Å²) >= 11 is 1.70. The van der Waals surface area contributed by atoms with Crippen molar-refractivity contribution in [2.45, 2.75) is 0 Å². The largest absolute Gasteiger partial charge is 0.298 e. The minimum Gasteiger partial charge on any atom is -0.298 e. The monoisotopic (exact) mass is 260 g/mol. The molecule has 0 spiro atoms. The van der Waals surface area contributed by atoms with Gasteiger partial charge in [0.05, 0.1) is 0 Å². The summed E-state index contributed by atoms with van der Waals surface area (Å²) in [5, 5.41) is 0. The first-order valence-electron chi connectivity index (χ1n) is 2.99. The van der Waals surface area contributed by atoms with Crippen LogP contribution in [0.3, 0.4) is 0 Å². The molecular formula is C8H5IO2. The van der Waals surface area contributed by atoms with Gasteiger partial charge in [-0.05, 0) is 12.1 Å². The van der Waals surface area contributed by atoms with Gasteiger partial charge in [-0.15, -0.1) is 0 Å². The zero-order valence-corrected chi connectivity index (χ0v) is 7.74. The summed E-state index contributed by atoms with van der Waals surface area (Å²) in [6, 6.07) is 6.52. The average molecular weight is 260 g/mol. The van der Waals surface area contributed by atoms with Gasteiger partial charge in [-0.2, -0.15) is 0 Å². The fraction of sp³-hybridized carbons (Fsp3) is 0. The molecule has 0 bridgehead atoms. The van der Waals surface area contributed by atoms with Crippen LogP contribution < -0.4 is 0 Å². The molecule has 3 heteroatoms. The second-order valence-corrected chi connectivity index (χ2v) is 2.99. The van der Waals surface area contributed by atoms with Crippen LogP contribution in [-0.4, -0.2) is 10.1 Å². The molecule has 1 aromatic carbocycles. The van der Waals surface area contributed by atoms with E-state index in [0.29, 0.717) is 11.1 Å². The molecule has 0 radical (unpaired) electrons. The van der Waals surface area contributed by atoms with Crippen LogP contribution in [0.5, 0.6) is 0 Å². The van der Waals surface area contributed by atoms with Crippen LogP contribution >= 0.6 is 22.6 Å². The molecule has 2 nitrogen and oxygen atoms in total. The van der Waals surface area contributed by atoms with Crippen molar-refractivity contribution in [3.8, 4) is 0 Å². The van der Waals surface area contributed by atoms with Crippen LogP contribution in [0.2, 0.25) is 0 Å². The molecule has 0 N–H and O–H groups in total. The predicted molar refractivity (Wildman–Crippen MR) is 50.2 cm³/mol. The molecule has 0 aliphatic rings. The number of carbonyl (C=O) groups is 2. The number of carbonyl (C=O) groups excluding carboxylic acids is 2. The Labute approximate surface area is 77.7 Å². The van der Waals surface area contributed by atoms with Crippen molar-refractivity contribution < 1.29 is 9.59 Å². The average Bonchev–Trinajstić information content (AvgIpc) is 2.05. The third kappa shape index (κ3) is 2.11. The second kappa shape index (κ2) is 3.61. The predicted octanol–water partition coefficient (Wildman–Crippen LogP) is 2.07. The lowest BCUT2D eigenvalue weighted by Crippen LogP contribution is -1.87. The zero-order chi connectivity index (χ0) is 8.27. The van der Waals surface area contributed by atoms with E-state index in [4.69, 9.17) is 0 Å². The first kappa shape index (κ1) is 8.39. The van der Waals surface area contributed by atoms with Gasteiger partial charge in [0, 0.05) is 33.7 Å². The molecule has 56 valence electrons. The third-order valence-electron chi connectivity index (χ3n) is 1.27. The van der Waals surface area contributed by atoms with Crippen LogP contribution in [-0.2, 0) is 0 Å². The number of aldehydes is 1. The summed E-state index contributed by atoms with van der Waals surface area (Å²) in [5.74, 6) is 0. The molecule has 0 amide bonds. The van der Waals surface area contributed by atoms with Crippen molar-refractivity contribution in [1.29, 1.82) is 0 Å². The maximum Gasteiger partial charge on any atom is 0.222 e. The van der Waals surface area contributed by atoms with E-state index < -0.39 is 0 Å². The Balaban J connectivity index is 3.00. The summed E-state index contributed by atoms with van der Waals surface area (Å²) < 4.78 is -0.0138. The standard InChI is InChI=1S/C8H5IO2/c9-8(11)7-3-1-6(5-10)2-4-7/h1-5H. The Kier molecular flexibility index (Phi) is 2.76. The maximum absolute atomic E-state index is 10.7. The SMILES string of the molecule is O=Cc1ccc(C(=O)I)cc1. The van der Waals surface area contributed by atoms with Gasteiger partial charge in [-0.3, -0.25) is 9.59 Å². The lowest BCUT2D eigenvalue weighted by molar-refractivity contribution is 0.110. The molecule has 0 aliphatic heterocycles. The van der Waals surface area contributed by atoms with Gasteiger partial charge in [-0.1, -0.05) is 12.1 Å². The van der Waals surface area contributed by atoms with Crippen LogP contribution in [0.15, 0.2) is 24.3 Å². The van der Waals surface area contributed by atoms with Crippen LogP contribution in [0.25, 0.3) is 0 Å². The maximum atomic E-state index is 10.7. The van der Waals surface area contributed by atoms with Crippen molar-refractivity contribution >= 4 is 32.7 Å². The molecule has 1 rings (SSSR count). The van der Waals surface area contributed by atoms with Gasteiger partial charge < -0.3 is 0 Å². The molecule has 0 saturated heterocycles. The summed E-state index contributed by atoms with van der Waals surface area (Å²) in [6.45, 7) is 0. The minimum absolute atomic E-state index is 0.0138. The Bertz CT molecular complexity index is 277. The van der Waals surface area contributed by atoms with E-state index in [-0.39, 0.29) is 3.79 Å². The molecular weight excluding hydrogens is 255 g/mol. The molecule has 0 unspecified atom stereocenters. The molecule has 11 heavy (non-hydrogen) atoms. The number of benzene rings is 1. The third-order valence-corrected chi connectivity index (χ3v) is 1.90. The molecule has 0 heterocycles. The summed E-state index contributed by atoms with van der Waals surface area (Å²) in [6.07, 6.45) is 0.751. The summed E-state index contributed by atoms with van der Waals surface area (Å²) in [5.41, 5.74) is 1.21. The van der Waals surface area contributed by atoms with E-state index >= 15 is 0 Å². The van der Waals surface area contributed by atoms with Gasteiger partial charge >= 0.3 is 0 Å². The minimum atomic E-state index is -0.0138. The highest BCUT2D eigenvalue weighted by atomic mass is 127. The number of hydrogen-bond acceptors (Lipinski definition) is 2. The smallest absolute Gasteiger partial charge is 0.222 e. The van der Waals surface area contributed by atoms with E-state index in [9.17, 15) is 9.59 Å². The molecule has 0 saturated carbocycles. The Morgan fingerprint density at radius 2 is 1.82 bits per heavy atom. The van der Waals surface area contributed by atoms with Gasteiger partial charge in [-0.25, -0.2) is 0 Å². The molecule has 0 aromatic heterocycles.